The summed E-state index contributed by atoms with van der Waals surface area (Å²) < 4.78 is 1.76. The van der Waals surface area contributed by atoms with Crippen molar-refractivity contribution in [3.05, 3.63) is 65.0 Å². The van der Waals surface area contributed by atoms with Gasteiger partial charge in [0.05, 0.1) is 4.92 Å². The second-order valence-corrected chi connectivity index (χ2v) is 4.30. The average Bonchev–Trinajstić information content (AvgIpc) is 2.47. The maximum absolute atomic E-state index is 12.1. The molecule has 7 heteroatoms. The number of carbonyl (C=O) groups excluding carboxylic acids is 1. The molecule has 1 heterocycles. The van der Waals surface area contributed by atoms with Gasteiger partial charge in [0.25, 0.3) is 11.6 Å². The van der Waals surface area contributed by atoms with E-state index in [-0.39, 0.29) is 28.6 Å². The fourth-order valence-electron chi connectivity index (χ4n) is 1.75. The molecule has 21 heavy (non-hydrogen) atoms. The molecule has 2 aromatic rings. The Balaban J connectivity index is 0.00000220. The van der Waals surface area contributed by atoms with Crippen molar-refractivity contribution < 1.29 is 31.3 Å². The summed E-state index contributed by atoms with van der Waals surface area (Å²) in [5.74, 6) is -0.235. The van der Waals surface area contributed by atoms with Crippen LogP contribution in [0.25, 0.3) is 0 Å². The molecule has 1 amide bonds. The number of anilines is 1. The topological polar surface area (TPSA) is 76.1 Å². The van der Waals surface area contributed by atoms with Gasteiger partial charge in [0, 0.05) is 36.9 Å². The Morgan fingerprint density at radius 3 is 2.52 bits per heavy atom. The first-order valence-corrected chi connectivity index (χ1v) is 6.09. The van der Waals surface area contributed by atoms with Crippen LogP contribution in [0.2, 0.25) is 0 Å². The van der Waals surface area contributed by atoms with Crippen molar-refractivity contribution in [1.29, 1.82) is 0 Å². The second kappa shape index (κ2) is 7.49. The summed E-state index contributed by atoms with van der Waals surface area (Å²) >= 11 is 0. The number of halogens is 1. The van der Waals surface area contributed by atoms with E-state index in [2.05, 4.69) is 5.32 Å². The molecule has 0 aliphatic carbocycles. The van der Waals surface area contributed by atoms with Crippen molar-refractivity contribution >= 4 is 17.3 Å². The third kappa shape index (κ3) is 4.35. The maximum Gasteiger partial charge on any atom is 0.293 e. The van der Waals surface area contributed by atoms with E-state index >= 15 is 0 Å². The highest BCUT2D eigenvalue weighted by atomic mass is 79.9. The lowest BCUT2D eigenvalue weighted by Gasteiger charge is -2.08. The number of hydrogen-bond donors (Lipinski definition) is 1. The molecule has 0 saturated carbocycles. The Labute approximate surface area is 132 Å². The highest BCUT2D eigenvalue weighted by molar-refractivity contribution is 5.92. The predicted octanol–water partition coefficient (Wildman–Crippen LogP) is -0.914. The number of rotatable bonds is 4. The van der Waals surface area contributed by atoms with Crippen LogP contribution < -0.4 is 26.9 Å². The molecule has 0 spiro atoms. The normalized spacial score (nSPS) is 11.1. The van der Waals surface area contributed by atoms with Crippen molar-refractivity contribution in [3.8, 4) is 0 Å². The minimum Gasteiger partial charge on any atom is -1.00 e. The molecule has 1 atom stereocenters. The lowest BCUT2D eigenvalue weighted by Crippen LogP contribution is -3.00. The Morgan fingerprint density at radius 1 is 1.24 bits per heavy atom. The Bertz CT molecular complexity index is 634. The maximum atomic E-state index is 12.1. The van der Waals surface area contributed by atoms with Gasteiger partial charge in [-0.3, -0.25) is 14.9 Å². The standard InChI is InChI=1S/C14H13N3O3.BrH/c1-11(16-8-3-2-4-9-16)14(18)15-12-6-5-7-13(10-12)17(19)20;/h2-11H,1H3;1H. The molecule has 1 aromatic heterocycles. The summed E-state index contributed by atoms with van der Waals surface area (Å²) in [6, 6.07) is 11.0. The number of pyridine rings is 1. The second-order valence-electron chi connectivity index (χ2n) is 4.30. The molecule has 6 nitrogen and oxygen atoms in total. The summed E-state index contributed by atoms with van der Waals surface area (Å²) in [5, 5.41) is 13.4. The number of hydrogen-bond acceptors (Lipinski definition) is 3. The van der Waals surface area contributed by atoms with Crippen LogP contribution in [0.5, 0.6) is 0 Å². The molecule has 110 valence electrons. The quantitative estimate of drug-likeness (QED) is 0.440. The zero-order chi connectivity index (χ0) is 14.5. The monoisotopic (exact) mass is 351 g/mol. The van der Waals surface area contributed by atoms with Crippen LogP contribution in [-0.2, 0) is 4.79 Å². The summed E-state index contributed by atoms with van der Waals surface area (Å²) in [6.07, 6.45) is 3.58. The molecule has 0 aliphatic heterocycles. The number of nitrogens with zero attached hydrogens (tertiary/aromatic N) is 2. The minimum absolute atomic E-state index is 0. The van der Waals surface area contributed by atoms with Gasteiger partial charge in [0.1, 0.15) is 0 Å². The summed E-state index contributed by atoms with van der Waals surface area (Å²) in [7, 11) is 0. The van der Waals surface area contributed by atoms with Crippen LogP contribution in [-0.4, -0.2) is 10.8 Å². The van der Waals surface area contributed by atoms with Gasteiger partial charge in [-0.05, 0) is 6.07 Å². The van der Waals surface area contributed by atoms with Gasteiger partial charge >= 0.3 is 0 Å². The average molecular weight is 352 g/mol. The number of aromatic nitrogens is 1. The van der Waals surface area contributed by atoms with Crippen LogP contribution in [0.15, 0.2) is 54.9 Å². The first kappa shape index (κ1) is 16.8. The van der Waals surface area contributed by atoms with E-state index in [1.54, 1.807) is 30.0 Å². The van der Waals surface area contributed by atoms with Crippen LogP contribution >= 0.6 is 0 Å². The lowest BCUT2D eigenvalue weighted by atomic mass is 10.2. The van der Waals surface area contributed by atoms with Gasteiger partial charge in [0.2, 0.25) is 6.04 Å². The van der Waals surface area contributed by atoms with E-state index < -0.39 is 11.0 Å². The largest absolute Gasteiger partial charge is 1.00 e. The van der Waals surface area contributed by atoms with E-state index in [0.29, 0.717) is 5.69 Å². The molecule has 2 rings (SSSR count). The third-order valence-corrected chi connectivity index (χ3v) is 2.89. The Morgan fingerprint density at radius 2 is 1.90 bits per heavy atom. The lowest BCUT2D eigenvalue weighted by molar-refractivity contribution is -0.705. The number of benzene rings is 1. The van der Waals surface area contributed by atoms with Crippen molar-refractivity contribution in [2.75, 3.05) is 5.32 Å². The molecular weight excluding hydrogens is 338 g/mol. The molecule has 1 aromatic carbocycles. The highest BCUT2D eigenvalue weighted by Crippen LogP contribution is 2.17. The molecule has 1 unspecified atom stereocenters. The van der Waals surface area contributed by atoms with Gasteiger partial charge in [-0.1, -0.05) is 12.1 Å². The number of carbonyl (C=O) groups is 1. The van der Waals surface area contributed by atoms with Crippen LogP contribution in [0.3, 0.4) is 0 Å². The van der Waals surface area contributed by atoms with Gasteiger partial charge in [-0.15, -0.1) is 0 Å². The van der Waals surface area contributed by atoms with Gasteiger partial charge in [-0.25, -0.2) is 0 Å². The van der Waals surface area contributed by atoms with Crippen LogP contribution in [0.1, 0.15) is 13.0 Å². The van der Waals surface area contributed by atoms with Crippen molar-refractivity contribution in [3.63, 3.8) is 0 Å². The fourth-order valence-corrected chi connectivity index (χ4v) is 1.75. The number of nitrogens with one attached hydrogen (secondary N) is 1. The molecule has 0 aliphatic rings. The molecule has 0 fully saturated rings. The fraction of sp³-hybridized carbons (Fsp3) is 0.143. The predicted molar refractivity (Wildman–Crippen MR) is 73.1 cm³/mol. The van der Waals surface area contributed by atoms with Gasteiger partial charge in [-0.2, -0.15) is 4.57 Å². The van der Waals surface area contributed by atoms with Crippen molar-refractivity contribution in [1.82, 2.24) is 0 Å². The van der Waals surface area contributed by atoms with E-state index in [0.717, 1.165) is 0 Å². The van der Waals surface area contributed by atoms with Crippen LogP contribution in [0, 0.1) is 10.1 Å². The third-order valence-electron chi connectivity index (χ3n) is 2.89. The summed E-state index contributed by atoms with van der Waals surface area (Å²) in [5.41, 5.74) is 0.357. The Hall–Kier alpha value is -2.28. The first-order chi connectivity index (χ1) is 9.58. The number of nitro groups is 1. The van der Waals surface area contributed by atoms with Crippen molar-refractivity contribution in [2.45, 2.75) is 13.0 Å². The number of amides is 1. The van der Waals surface area contributed by atoms with E-state index in [1.165, 1.54) is 18.2 Å². The van der Waals surface area contributed by atoms with Gasteiger partial charge < -0.3 is 22.3 Å². The highest BCUT2D eigenvalue weighted by Gasteiger charge is 2.21. The molecule has 0 saturated heterocycles. The smallest absolute Gasteiger partial charge is 0.293 e. The minimum atomic E-state index is -0.495. The zero-order valence-electron chi connectivity index (χ0n) is 11.3. The summed E-state index contributed by atoms with van der Waals surface area (Å²) in [4.78, 5) is 22.3. The number of nitro benzene ring substituents is 1. The van der Waals surface area contributed by atoms with E-state index in [9.17, 15) is 14.9 Å². The van der Waals surface area contributed by atoms with E-state index in [4.69, 9.17) is 0 Å². The van der Waals surface area contributed by atoms with Crippen molar-refractivity contribution in [2.24, 2.45) is 0 Å². The Kier molecular flexibility index (Phi) is 5.98. The van der Waals surface area contributed by atoms with E-state index in [1.807, 2.05) is 18.2 Å². The first-order valence-electron chi connectivity index (χ1n) is 6.09. The van der Waals surface area contributed by atoms with Crippen LogP contribution in [0.4, 0.5) is 11.4 Å². The summed E-state index contributed by atoms with van der Waals surface area (Å²) in [6.45, 7) is 1.76. The molecule has 0 radical (unpaired) electrons. The molecular formula is C14H14BrN3O3. The zero-order valence-corrected chi connectivity index (χ0v) is 12.9. The van der Waals surface area contributed by atoms with Gasteiger partial charge in [0.15, 0.2) is 12.4 Å². The molecule has 1 N–H and O–H groups in total. The molecule has 0 bridgehead atoms. The number of non-ortho nitro benzene ring substituents is 1. The SMILES string of the molecule is CC(C(=O)Nc1cccc([N+](=O)[O-])c1)[n+]1ccccc1.[Br-].